The summed E-state index contributed by atoms with van der Waals surface area (Å²) in [6.45, 7) is 4.84. The zero-order valence-corrected chi connectivity index (χ0v) is 16.5. The van der Waals surface area contributed by atoms with Crippen molar-refractivity contribution in [2.45, 2.75) is 31.5 Å². The lowest BCUT2D eigenvalue weighted by Gasteiger charge is -2.13. The van der Waals surface area contributed by atoms with Gasteiger partial charge in [-0.3, -0.25) is 9.36 Å². The van der Waals surface area contributed by atoms with Gasteiger partial charge < -0.3 is 5.32 Å². The number of thioether (sulfide) groups is 1. The van der Waals surface area contributed by atoms with Gasteiger partial charge in [-0.2, -0.15) is 0 Å². The smallest absolute Gasteiger partial charge is 0.230 e. The van der Waals surface area contributed by atoms with Crippen LogP contribution in [0.3, 0.4) is 0 Å². The molecule has 0 saturated heterocycles. The summed E-state index contributed by atoms with van der Waals surface area (Å²) in [6, 6.07) is 14.4. The first-order valence-corrected chi connectivity index (χ1v) is 10.4. The van der Waals surface area contributed by atoms with E-state index >= 15 is 0 Å². The zero-order valence-electron chi connectivity index (χ0n) is 14.9. The lowest BCUT2D eigenvalue weighted by atomic mass is 10.1. The normalized spacial score (nSPS) is 11.0. The number of amides is 1. The molecule has 0 bridgehead atoms. The van der Waals surface area contributed by atoms with E-state index in [0.717, 1.165) is 22.3 Å². The van der Waals surface area contributed by atoms with E-state index in [9.17, 15) is 4.79 Å². The average Bonchev–Trinajstić information content (AvgIpc) is 3.30. The Kier molecular flexibility index (Phi) is 6.46. The molecule has 0 aliphatic rings. The molecule has 1 amide bonds. The molecule has 1 N–H and O–H groups in total. The predicted octanol–water partition coefficient (Wildman–Crippen LogP) is 4.04. The van der Waals surface area contributed by atoms with Crippen LogP contribution >= 0.6 is 23.1 Å². The van der Waals surface area contributed by atoms with Gasteiger partial charge in [0.1, 0.15) is 0 Å². The molecule has 136 valence electrons. The van der Waals surface area contributed by atoms with E-state index in [1.165, 1.54) is 17.3 Å². The molecule has 26 heavy (non-hydrogen) atoms. The van der Waals surface area contributed by atoms with Crippen molar-refractivity contribution < 1.29 is 4.79 Å². The minimum atomic E-state index is 0.0157. The molecule has 0 spiro atoms. The molecule has 2 heterocycles. The van der Waals surface area contributed by atoms with E-state index in [1.807, 2.05) is 35.7 Å². The molecule has 7 heteroatoms. The number of aromatic nitrogens is 3. The third-order valence-electron chi connectivity index (χ3n) is 3.83. The number of nitrogens with zero attached hydrogens (tertiary/aromatic N) is 3. The minimum absolute atomic E-state index is 0.0157. The van der Waals surface area contributed by atoms with E-state index in [4.69, 9.17) is 0 Å². The highest BCUT2D eigenvalue weighted by atomic mass is 32.2. The van der Waals surface area contributed by atoms with Crippen molar-refractivity contribution in [1.82, 2.24) is 20.1 Å². The first kappa shape index (κ1) is 18.7. The van der Waals surface area contributed by atoms with E-state index in [1.54, 1.807) is 11.3 Å². The molecule has 0 aliphatic carbocycles. The maximum absolute atomic E-state index is 12.1. The Morgan fingerprint density at radius 2 is 2.00 bits per heavy atom. The Labute approximate surface area is 161 Å². The van der Waals surface area contributed by atoms with Gasteiger partial charge in [0.05, 0.1) is 10.6 Å². The van der Waals surface area contributed by atoms with Crippen LogP contribution in [0, 0.1) is 0 Å². The Hall–Kier alpha value is -2.12. The van der Waals surface area contributed by atoms with Crippen LogP contribution in [0.5, 0.6) is 0 Å². The molecule has 0 fully saturated rings. The standard InChI is InChI=1S/C19H22N4OS2/c1-14(2)23-18(16-9-6-12-25-16)21-22-19(23)26-13-17(24)20-11-10-15-7-4-3-5-8-15/h3-9,12,14H,10-11,13H2,1-2H3,(H,20,24). The highest BCUT2D eigenvalue weighted by molar-refractivity contribution is 7.99. The molecular weight excluding hydrogens is 364 g/mol. The largest absolute Gasteiger partial charge is 0.355 e. The third-order valence-corrected chi connectivity index (χ3v) is 5.64. The SMILES string of the molecule is CC(C)n1c(SCC(=O)NCCc2ccccc2)nnc1-c1cccs1. The van der Waals surface area contributed by atoms with Crippen molar-refractivity contribution in [1.29, 1.82) is 0 Å². The van der Waals surface area contributed by atoms with Crippen molar-refractivity contribution in [3.63, 3.8) is 0 Å². The van der Waals surface area contributed by atoms with Gasteiger partial charge in [-0.1, -0.05) is 48.2 Å². The third kappa shape index (κ3) is 4.74. The molecular formula is C19H22N4OS2. The van der Waals surface area contributed by atoms with Crippen LogP contribution in [0.25, 0.3) is 10.7 Å². The number of hydrogen-bond donors (Lipinski definition) is 1. The summed E-state index contributed by atoms with van der Waals surface area (Å²) in [6.07, 6.45) is 0.835. The number of thiophene rings is 1. The maximum Gasteiger partial charge on any atom is 0.230 e. The summed E-state index contributed by atoms with van der Waals surface area (Å²) in [5.41, 5.74) is 1.22. The first-order valence-electron chi connectivity index (χ1n) is 8.57. The molecule has 1 aromatic carbocycles. The lowest BCUT2D eigenvalue weighted by molar-refractivity contribution is -0.118. The van der Waals surface area contributed by atoms with Crippen LogP contribution in [-0.4, -0.2) is 33.0 Å². The first-order chi connectivity index (χ1) is 12.6. The highest BCUT2D eigenvalue weighted by Gasteiger charge is 2.18. The Bertz CT molecular complexity index is 829. The number of nitrogens with one attached hydrogen (secondary N) is 1. The summed E-state index contributed by atoms with van der Waals surface area (Å²) >= 11 is 3.07. The summed E-state index contributed by atoms with van der Waals surface area (Å²) in [5.74, 6) is 1.22. The van der Waals surface area contributed by atoms with Gasteiger partial charge in [-0.05, 0) is 37.3 Å². The van der Waals surface area contributed by atoms with Gasteiger partial charge in [0.15, 0.2) is 11.0 Å². The van der Waals surface area contributed by atoms with Crippen LogP contribution in [0.4, 0.5) is 0 Å². The molecule has 3 aromatic rings. The zero-order chi connectivity index (χ0) is 18.4. The second-order valence-corrected chi connectivity index (χ2v) is 8.01. The van der Waals surface area contributed by atoms with Gasteiger partial charge in [0.25, 0.3) is 0 Å². The van der Waals surface area contributed by atoms with E-state index in [-0.39, 0.29) is 11.9 Å². The average molecular weight is 387 g/mol. The van der Waals surface area contributed by atoms with Gasteiger partial charge in [0, 0.05) is 12.6 Å². The van der Waals surface area contributed by atoms with Crippen LogP contribution in [0.1, 0.15) is 25.5 Å². The van der Waals surface area contributed by atoms with E-state index < -0.39 is 0 Å². The number of carbonyl (C=O) groups excluding carboxylic acids is 1. The Morgan fingerprint density at radius 1 is 1.19 bits per heavy atom. The number of carbonyl (C=O) groups is 1. The molecule has 2 aromatic heterocycles. The fourth-order valence-electron chi connectivity index (χ4n) is 2.59. The number of rotatable bonds is 8. The fourth-order valence-corrected chi connectivity index (χ4v) is 4.19. The van der Waals surface area contributed by atoms with Gasteiger partial charge in [-0.25, -0.2) is 0 Å². The van der Waals surface area contributed by atoms with Gasteiger partial charge >= 0.3 is 0 Å². The van der Waals surface area contributed by atoms with Crippen LogP contribution in [0.15, 0.2) is 53.0 Å². The van der Waals surface area contributed by atoms with Gasteiger partial charge in [0.2, 0.25) is 5.91 Å². The molecule has 5 nitrogen and oxygen atoms in total. The second-order valence-electron chi connectivity index (χ2n) is 6.12. The molecule has 3 rings (SSSR count). The Morgan fingerprint density at radius 3 is 2.69 bits per heavy atom. The number of benzene rings is 1. The van der Waals surface area contributed by atoms with Gasteiger partial charge in [-0.15, -0.1) is 21.5 Å². The number of hydrogen-bond acceptors (Lipinski definition) is 5. The van der Waals surface area contributed by atoms with Crippen molar-refractivity contribution >= 4 is 29.0 Å². The monoisotopic (exact) mass is 386 g/mol. The Balaban J connectivity index is 1.55. The maximum atomic E-state index is 12.1. The summed E-state index contributed by atoms with van der Waals surface area (Å²) in [4.78, 5) is 13.2. The molecule has 0 unspecified atom stereocenters. The summed E-state index contributed by atoms with van der Waals surface area (Å²) in [7, 11) is 0. The van der Waals surface area contributed by atoms with Crippen LogP contribution in [0.2, 0.25) is 0 Å². The topological polar surface area (TPSA) is 59.8 Å². The fraction of sp³-hybridized carbons (Fsp3) is 0.316. The van der Waals surface area contributed by atoms with Crippen molar-refractivity contribution in [2.75, 3.05) is 12.3 Å². The van der Waals surface area contributed by atoms with Crippen molar-refractivity contribution in [3.8, 4) is 10.7 Å². The van der Waals surface area contributed by atoms with Crippen molar-refractivity contribution in [2.24, 2.45) is 0 Å². The molecule has 0 atom stereocenters. The van der Waals surface area contributed by atoms with Crippen LogP contribution < -0.4 is 5.32 Å². The van der Waals surface area contributed by atoms with E-state index in [2.05, 4.69) is 46.1 Å². The molecule has 0 saturated carbocycles. The summed E-state index contributed by atoms with van der Waals surface area (Å²) < 4.78 is 2.09. The van der Waals surface area contributed by atoms with Crippen LogP contribution in [-0.2, 0) is 11.2 Å². The quantitative estimate of drug-likeness (QED) is 0.594. The highest BCUT2D eigenvalue weighted by Crippen LogP contribution is 2.29. The second kappa shape index (κ2) is 9.00. The lowest BCUT2D eigenvalue weighted by Crippen LogP contribution is -2.27. The molecule has 0 aliphatic heterocycles. The minimum Gasteiger partial charge on any atom is -0.355 e. The predicted molar refractivity (Wildman–Crippen MR) is 108 cm³/mol. The summed E-state index contributed by atoms with van der Waals surface area (Å²) in [5, 5.41) is 14.4. The molecule has 0 radical (unpaired) electrons. The van der Waals surface area contributed by atoms with E-state index in [0.29, 0.717) is 12.3 Å². The van der Waals surface area contributed by atoms with Crippen molar-refractivity contribution in [3.05, 3.63) is 53.4 Å².